The van der Waals surface area contributed by atoms with Crippen LogP contribution in [-0.2, 0) is 24.0 Å². The molecule has 2 aliphatic rings. The van der Waals surface area contributed by atoms with Crippen LogP contribution in [0.15, 0.2) is 21.8 Å². The first-order valence-corrected chi connectivity index (χ1v) is 9.82. The number of nitrogen functional groups attached to an aromatic ring is 1. The SMILES string of the molecule is COCC1=C(C(=O)[O-])N2C(=O)C(NC(=O)/C(=N/OC)c3csc(N)n3)C2SC1. The van der Waals surface area contributed by atoms with Crippen molar-refractivity contribution in [3.63, 3.8) is 0 Å². The third kappa shape index (κ3) is 3.55. The number of carboxylic acid groups (broad SMARTS) is 1. The van der Waals surface area contributed by atoms with E-state index in [1.54, 1.807) is 0 Å². The normalized spacial score (nSPS) is 21.9. The fraction of sp³-hybridized carbons (Fsp3) is 0.400. The van der Waals surface area contributed by atoms with Crippen molar-refractivity contribution in [3.05, 3.63) is 22.3 Å². The van der Waals surface area contributed by atoms with Crippen molar-refractivity contribution >= 4 is 51.7 Å². The van der Waals surface area contributed by atoms with Crippen molar-refractivity contribution in [3.8, 4) is 0 Å². The Bertz CT molecular complexity index is 882. The van der Waals surface area contributed by atoms with Gasteiger partial charge in [-0.3, -0.25) is 14.5 Å². The molecule has 150 valence electrons. The summed E-state index contributed by atoms with van der Waals surface area (Å²) in [5.41, 5.74) is 5.88. The number of fused-ring (bicyclic) bond motifs is 1. The molecule has 0 aliphatic carbocycles. The molecule has 28 heavy (non-hydrogen) atoms. The molecule has 11 nitrogen and oxygen atoms in total. The number of aliphatic carboxylic acids is 1. The average molecular weight is 426 g/mol. The lowest BCUT2D eigenvalue weighted by Gasteiger charge is -2.50. The maximum atomic E-state index is 12.6. The largest absolute Gasteiger partial charge is 0.543 e. The van der Waals surface area contributed by atoms with Crippen LogP contribution in [-0.4, -0.2) is 71.4 Å². The number of anilines is 1. The van der Waals surface area contributed by atoms with Crippen molar-refractivity contribution in [1.82, 2.24) is 15.2 Å². The Hall–Kier alpha value is -2.64. The van der Waals surface area contributed by atoms with Crippen LogP contribution in [0.2, 0.25) is 0 Å². The number of thiazole rings is 1. The molecule has 3 rings (SSSR count). The zero-order chi connectivity index (χ0) is 20.4. The summed E-state index contributed by atoms with van der Waals surface area (Å²) in [5.74, 6) is -2.38. The van der Waals surface area contributed by atoms with E-state index in [0.717, 1.165) is 16.2 Å². The van der Waals surface area contributed by atoms with Crippen molar-refractivity contribution in [2.75, 3.05) is 32.3 Å². The Morgan fingerprint density at radius 2 is 2.25 bits per heavy atom. The van der Waals surface area contributed by atoms with Crippen LogP contribution in [0.4, 0.5) is 5.13 Å². The molecule has 2 atom stereocenters. The van der Waals surface area contributed by atoms with Gasteiger partial charge in [0.15, 0.2) is 10.8 Å². The first-order valence-electron chi connectivity index (χ1n) is 7.89. The molecule has 1 aromatic rings. The molecule has 0 spiro atoms. The molecule has 0 radical (unpaired) electrons. The van der Waals surface area contributed by atoms with Crippen LogP contribution in [0.1, 0.15) is 5.69 Å². The van der Waals surface area contributed by atoms with E-state index in [9.17, 15) is 19.5 Å². The number of oxime groups is 1. The minimum Gasteiger partial charge on any atom is -0.543 e. The first-order chi connectivity index (χ1) is 13.4. The summed E-state index contributed by atoms with van der Waals surface area (Å²) in [4.78, 5) is 46.4. The van der Waals surface area contributed by atoms with Gasteiger partial charge in [-0.05, 0) is 5.57 Å². The third-order valence-electron chi connectivity index (χ3n) is 4.01. The summed E-state index contributed by atoms with van der Waals surface area (Å²) in [7, 11) is 2.70. The quantitative estimate of drug-likeness (QED) is 0.289. The number of ether oxygens (including phenoxy) is 1. The minimum atomic E-state index is -1.46. The fourth-order valence-electron chi connectivity index (χ4n) is 2.86. The first kappa shape index (κ1) is 20.1. The molecule has 1 aromatic heterocycles. The van der Waals surface area contributed by atoms with E-state index in [1.807, 2.05) is 0 Å². The van der Waals surface area contributed by atoms with Gasteiger partial charge in [0.05, 0.1) is 18.3 Å². The van der Waals surface area contributed by atoms with Gasteiger partial charge in [0.2, 0.25) is 0 Å². The van der Waals surface area contributed by atoms with E-state index in [0.29, 0.717) is 11.3 Å². The highest BCUT2D eigenvalue weighted by Gasteiger charge is 2.53. The smallest absolute Gasteiger partial charge is 0.276 e. The van der Waals surface area contributed by atoms with Gasteiger partial charge in [0.1, 0.15) is 24.2 Å². The number of hydrogen-bond donors (Lipinski definition) is 2. The van der Waals surface area contributed by atoms with E-state index < -0.39 is 29.2 Å². The monoisotopic (exact) mass is 426 g/mol. The Labute approximate surface area is 167 Å². The molecule has 1 saturated heterocycles. The van der Waals surface area contributed by atoms with Crippen molar-refractivity contribution < 1.29 is 29.1 Å². The Balaban J connectivity index is 1.78. The van der Waals surface area contributed by atoms with Gasteiger partial charge in [-0.2, -0.15) is 0 Å². The van der Waals surface area contributed by atoms with Crippen LogP contribution in [0, 0.1) is 0 Å². The van der Waals surface area contributed by atoms with Crippen molar-refractivity contribution in [2.24, 2.45) is 5.16 Å². The maximum absolute atomic E-state index is 12.6. The lowest BCUT2D eigenvalue weighted by Crippen LogP contribution is -2.71. The number of β-lactam (4-membered cyclic amide) rings is 1. The van der Waals surface area contributed by atoms with Crippen LogP contribution in [0.25, 0.3) is 0 Å². The number of methoxy groups -OCH3 is 1. The highest BCUT2D eigenvalue weighted by molar-refractivity contribution is 8.00. The van der Waals surface area contributed by atoms with Gasteiger partial charge in [0.25, 0.3) is 11.8 Å². The van der Waals surface area contributed by atoms with Crippen LogP contribution < -0.4 is 16.2 Å². The summed E-state index contributed by atoms with van der Waals surface area (Å²) in [6, 6.07) is -0.922. The van der Waals surface area contributed by atoms with Crippen molar-refractivity contribution in [1.29, 1.82) is 0 Å². The number of hydrogen-bond acceptors (Lipinski definition) is 11. The zero-order valence-corrected chi connectivity index (χ0v) is 16.5. The molecule has 1 fully saturated rings. The molecule has 0 aromatic carbocycles. The zero-order valence-electron chi connectivity index (χ0n) is 14.8. The number of rotatable bonds is 7. The van der Waals surface area contributed by atoms with Crippen molar-refractivity contribution in [2.45, 2.75) is 11.4 Å². The molecule has 2 aliphatic heterocycles. The molecular formula is C15H16N5O6S2-. The van der Waals surface area contributed by atoms with Crippen LogP contribution >= 0.6 is 23.1 Å². The number of nitrogens with zero attached hydrogens (tertiary/aromatic N) is 3. The van der Waals surface area contributed by atoms with Gasteiger partial charge in [-0.15, -0.1) is 23.1 Å². The topological polar surface area (TPSA) is 159 Å². The van der Waals surface area contributed by atoms with Crippen LogP contribution in [0.5, 0.6) is 0 Å². The van der Waals surface area contributed by atoms with E-state index >= 15 is 0 Å². The highest BCUT2D eigenvalue weighted by atomic mass is 32.2. The van der Waals surface area contributed by atoms with Gasteiger partial charge < -0.3 is 30.5 Å². The number of carboxylic acids is 1. The second-order valence-corrected chi connectivity index (χ2v) is 7.72. The molecule has 0 saturated carbocycles. The van der Waals surface area contributed by atoms with Crippen LogP contribution in [0.3, 0.4) is 0 Å². The van der Waals surface area contributed by atoms with Gasteiger partial charge in [0, 0.05) is 18.2 Å². The minimum absolute atomic E-state index is 0.0692. The summed E-state index contributed by atoms with van der Waals surface area (Å²) >= 11 is 2.44. The number of carbonyl (C=O) groups excluding carboxylic acids is 3. The molecular weight excluding hydrogens is 410 g/mol. The predicted octanol–water partition coefficient (Wildman–Crippen LogP) is -1.87. The van der Waals surface area contributed by atoms with Gasteiger partial charge >= 0.3 is 0 Å². The molecule has 13 heteroatoms. The number of amides is 2. The molecule has 2 unspecified atom stereocenters. The molecule has 3 N–H and O–H groups in total. The molecule has 0 bridgehead atoms. The molecule has 3 heterocycles. The number of thioether (sulfide) groups is 1. The van der Waals surface area contributed by atoms with E-state index in [-0.39, 0.29) is 28.8 Å². The summed E-state index contributed by atoms with van der Waals surface area (Å²) < 4.78 is 4.99. The second kappa shape index (κ2) is 8.16. The standard InChI is InChI=1S/C15H17N5O6S2/c1-25-3-6-4-27-13-9(12(22)20(13)10(6)14(23)24)18-11(21)8(19-26-2)7-5-28-15(16)17-7/h5,9,13H,3-4H2,1-2H3,(H2,16,17)(H,18,21)(H,23,24)/p-1/b19-8+. The second-order valence-electron chi connectivity index (χ2n) is 5.73. The highest BCUT2D eigenvalue weighted by Crippen LogP contribution is 2.40. The Morgan fingerprint density at radius 3 is 2.82 bits per heavy atom. The number of nitrogens with two attached hydrogens (primary N) is 1. The molecule has 2 amide bonds. The fourth-order valence-corrected chi connectivity index (χ4v) is 4.73. The lowest BCUT2D eigenvalue weighted by atomic mass is 10.0. The third-order valence-corrected chi connectivity index (χ3v) is 6.02. The summed E-state index contributed by atoms with van der Waals surface area (Å²) in [6.45, 7) is 0.0692. The van der Waals surface area contributed by atoms with E-state index in [2.05, 4.69) is 20.3 Å². The number of aromatic nitrogens is 1. The predicted molar refractivity (Wildman–Crippen MR) is 99.0 cm³/mol. The number of nitrogens with one attached hydrogen (secondary N) is 1. The summed E-state index contributed by atoms with van der Waals surface area (Å²) in [6.07, 6.45) is 0. The van der Waals surface area contributed by atoms with Gasteiger partial charge in [-0.1, -0.05) is 5.16 Å². The lowest BCUT2D eigenvalue weighted by molar-refractivity contribution is -0.301. The van der Waals surface area contributed by atoms with Gasteiger partial charge in [-0.25, -0.2) is 4.98 Å². The maximum Gasteiger partial charge on any atom is 0.276 e. The van der Waals surface area contributed by atoms with E-state index in [4.69, 9.17) is 10.5 Å². The average Bonchev–Trinajstić information content (AvgIpc) is 3.09. The summed E-state index contributed by atoms with van der Waals surface area (Å²) in [5, 5.41) is 18.9. The van der Waals surface area contributed by atoms with E-state index in [1.165, 1.54) is 31.4 Å². The number of carbonyl (C=O) groups is 3. The Kier molecular flexibility index (Phi) is 5.86. The Morgan fingerprint density at radius 1 is 1.50 bits per heavy atom.